The maximum absolute atomic E-state index is 5.74. The Labute approximate surface area is 103 Å². The third kappa shape index (κ3) is 4.11. The first-order valence-electron chi connectivity index (χ1n) is 6.14. The lowest BCUT2D eigenvalue weighted by Crippen LogP contribution is -2.54. The molecule has 3 nitrogen and oxygen atoms in total. The van der Waals surface area contributed by atoms with Crippen LogP contribution in [0.2, 0.25) is 0 Å². The summed E-state index contributed by atoms with van der Waals surface area (Å²) in [7, 11) is 0. The molecule has 0 aromatic heterocycles. The molecule has 0 amide bonds. The fourth-order valence-electron chi connectivity index (χ4n) is 1.82. The van der Waals surface area contributed by atoms with E-state index in [2.05, 4.69) is 31.3 Å². The van der Waals surface area contributed by atoms with Crippen LogP contribution < -0.4 is 5.32 Å². The summed E-state index contributed by atoms with van der Waals surface area (Å²) >= 11 is 0. The highest BCUT2D eigenvalue weighted by molar-refractivity contribution is 5.13. The largest absolute Gasteiger partial charge is 0.374 e. The van der Waals surface area contributed by atoms with E-state index in [1.165, 1.54) is 5.56 Å². The van der Waals surface area contributed by atoms with Crippen molar-refractivity contribution in [3.8, 4) is 0 Å². The summed E-state index contributed by atoms with van der Waals surface area (Å²) in [6.45, 7) is 7.21. The van der Waals surface area contributed by atoms with Gasteiger partial charge >= 0.3 is 0 Å². The van der Waals surface area contributed by atoms with Gasteiger partial charge in [0, 0.05) is 12.1 Å². The summed E-state index contributed by atoms with van der Waals surface area (Å²) in [5.41, 5.74) is 1.30. The van der Waals surface area contributed by atoms with Crippen LogP contribution in [0.3, 0.4) is 0 Å². The number of ether oxygens (including phenoxy) is 2. The van der Waals surface area contributed by atoms with E-state index in [1.54, 1.807) is 0 Å². The lowest BCUT2D eigenvalue weighted by molar-refractivity contribution is -0.0661. The summed E-state index contributed by atoms with van der Waals surface area (Å²) < 4.78 is 11.4. The second-order valence-electron chi connectivity index (χ2n) is 5.20. The normalized spacial score (nSPS) is 23.5. The second-order valence-corrected chi connectivity index (χ2v) is 5.20. The zero-order valence-corrected chi connectivity index (χ0v) is 10.6. The number of hydrogen-bond acceptors (Lipinski definition) is 3. The molecule has 94 valence electrons. The van der Waals surface area contributed by atoms with Gasteiger partial charge in [0.15, 0.2) is 0 Å². The van der Waals surface area contributed by atoms with E-state index in [-0.39, 0.29) is 11.6 Å². The van der Waals surface area contributed by atoms with Crippen molar-refractivity contribution in [2.45, 2.75) is 32.1 Å². The molecule has 1 aromatic rings. The van der Waals surface area contributed by atoms with E-state index in [0.717, 1.165) is 13.2 Å². The van der Waals surface area contributed by atoms with Gasteiger partial charge in [-0.3, -0.25) is 0 Å². The summed E-state index contributed by atoms with van der Waals surface area (Å²) in [5.74, 6) is 0. The first-order valence-corrected chi connectivity index (χ1v) is 6.14. The van der Waals surface area contributed by atoms with Crippen LogP contribution >= 0.6 is 0 Å². The maximum Gasteiger partial charge on any atom is 0.0933 e. The van der Waals surface area contributed by atoms with Crippen LogP contribution in [-0.2, 0) is 16.1 Å². The molecule has 1 aliphatic rings. The molecule has 0 spiro atoms. The van der Waals surface area contributed by atoms with E-state index in [4.69, 9.17) is 9.47 Å². The van der Waals surface area contributed by atoms with Crippen LogP contribution in [0.25, 0.3) is 0 Å². The Balaban J connectivity index is 1.67. The van der Waals surface area contributed by atoms with Crippen molar-refractivity contribution in [2.75, 3.05) is 19.8 Å². The van der Waals surface area contributed by atoms with Crippen molar-refractivity contribution < 1.29 is 9.47 Å². The van der Waals surface area contributed by atoms with Crippen molar-refractivity contribution in [3.63, 3.8) is 0 Å². The van der Waals surface area contributed by atoms with Gasteiger partial charge in [0.2, 0.25) is 0 Å². The Hall–Kier alpha value is -0.900. The molecular weight excluding hydrogens is 214 g/mol. The lowest BCUT2D eigenvalue weighted by atomic mass is 10.1. The Bertz CT molecular complexity index is 327. The van der Waals surface area contributed by atoms with Crippen molar-refractivity contribution >= 4 is 0 Å². The quantitative estimate of drug-likeness (QED) is 0.865. The zero-order chi connectivity index (χ0) is 12.1. The van der Waals surface area contributed by atoms with Crippen LogP contribution in [-0.4, -0.2) is 31.4 Å². The Morgan fingerprint density at radius 3 is 2.76 bits per heavy atom. The van der Waals surface area contributed by atoms with Crippen molar-refractivity contribution in [3.05, 3.63) is 35.9 Å². The van der Waals surface area contributed by atoms with Gasteiger partial charge in [-0.05, 0) is 19.4 Å². The van der Waals surface area contributed by atoms with Crippen molar-refractivity contribution in [1.29, 1.82) is 0 Å². The summed E-state index contributed by atoms with van der Waals surface area (Å²) in [4.78, 5) is 0. The summed E-state index contributed by atoms with van der Waals surface area (Å²) in [5, 5.41) is 3.45. The van der Waals surface area contributed by atoms with Gasteiger partial charge in [0.1, 0.15) is 0 Å². The van der Waals surface area contributed by atoms with Gasteiger partial charge in [-0.1, -0.05) is 30.3 Å². The molecule has 2 rings (SSSR count). The summed E-state index contributed by atoms with van der Waals surface area (Å²) in [6.07, 6.45) is 0.173. The first-order chi connectivity index (χ1) is 8.16. The smallest absolute Gasteiger partial charge is 0.0933 e. The SMILES string of the molecule is CC1(C)COC(COCc2ccccc2)CN1. The third-order valence-corrected chi connectivity index (χ3v) is 2.90. The van der Waals surface area contributed by atoms with E-state index in [0.29, 0.717) is 13.2 Å². The fourth-order valence-corrected chi connectivity index (χ4v) is 1.82. The average molecular weight is 235 g/mol. The fraction of sp³-hybridized carbons (Fsp3) is 0.571. The molecule has 0 saturated carbocycles. The highest BCUT2D eigenvalue weighted by Crippen LogP contribution is 2.11. The topological polar surface area (TPSA) is 30.5 Å². The van der Waals surface area contributed by atoms with Crippen molar-refractivity contribution in [2.24, 2.45) is 0 Å². The Morgan fingerprint density at radius 1 is 1.35 bits per heavy atom. The number of nitrogens with one attached hydrogen (secondary N) is 1. The van der Waals surface area contributed by atoms with Gasteiger partial charge < -0.3 is 14.8 Å². The third-order valence-electron chi connectivity index (χ3n) is 2.90. The van der Waals surface area contributed by atoms with E-state index >= 15 is 0 Å². The predicted molar refractivity (Wildman–Crippen MR) is 67.9 cm³/mol. The summed E-state index contributed by atoms with van der Waals surface area (Å²) in [6, 6.07) is 10.2. The highest BCUT2D eigenvalue weighted by atomic mass is 16.5. The molecule has 1 atom stereocenters. The molecule has 3 heteroatoms. The monoisotopic (exact) mass is 235 g/mol. The number of morpholine rings is 1. The molecule has 0 bridgehead atoms. The van der Waals surface area contributed by atoms with Crippen LogP contribution in [0.1, 0.15) is 19.4 Å². The molecule has 1 aromatic carbocycles. The minimum absolute atomic E-state index is 0.0932. The van der Waals surface area contributed by atoms with Crippen LogP contribution in [0.4, 0.5) is 0 Å². The molecule has 1 unspecified atom stereocenters. The molecule has 1 saturated heterocycles. The molecule has 0 aliphatic carbocycles. The molecule has 1 fully saturated rings. The van der Waals surface area contributed by atoms with Gasteiger partial charge in [0.05, 0.1) is 25.9 Å². The molecule has 1 aliphatic heterocycles. The molecule has 0 radical (unpaired) electrons. The average Bonchev–Trinajstić information content (AvgIpc) is 2.33. The van der Waals surface area contributed by atoms with Crippen LogP contribution in [0, 0.1) is 0 Å². The number of benzene rings is 1. The minimum Gasteiger partial charge on any atom is -0.374 e. The van der Waals surface area contributed by atoms with Crippen molar-refractivity contribution in [1.82, 2.24) is 5.32 Å². The zero-order valence-electron chi connectivity index (χ0n) is 10.6. The second kappa shape index (κ2) is 5.63. The molecule has 1 N–H and O–H groups in total. The van der Waals surface area contributed by atoms with Gasteiger partial charge in [-0.25, -0.2) is 0 Å². The van der Waals surface area contributed by atoms with Crippen LogP contribution in [0.15, 0.2) is 30.3 Å². The number of hydrogen-bond donors (Lipinski definition) is 1. The molecule has 1 heterocycles. The van der Waals surface area contributed by atoms with E-state index in [9.17, 15) is 0 Å². The minimum atomic E-state index is 0.0932. The predicted octanol–water partition coefficient (Wildman–Crippen LogP) is 1.97. The number of rotatable bonds is 4. The van der Waals surface area contributed by atoms with Gasteiger partial charge in [0.25, 0.3) is 0 Å². The van der Waals surface area contributed by atoms with Gasteiger partial charge in [-0.2, -0.15) is 0 Å². The first kappa shape index (κ1) is 12.6. The van der Waals surface area contributed by atoms with E-state index in [1.807, 2.05) is 18.2 Å². The maximum atomic E-state index is 5.74. The van der Waals surface area contributed by atoms with E-state index < -0.39 is 0 Å². The Morgan fingerprint density at radius 2 is 2.12 bits per heavy atom. The van der Waals surface area contributed by atoms with Gasteiger partial charge in [-0.15, -0.1) is 0 Å². The highest BCUT2D eigenvalue weighted by Gasteiger charge is 2.26. The molecule has 17 heavy (non-hydrogen) atoms. The molecular formula is C14H21NO2. The van der Waals surface area contributed by atoms with Crippen LogP contribution in [0.5, 0.6) is 0 Å². The standard InChI is InChI=1S/C14H21NO2/c1-14(2)11-17-13(8-15-14)10-16-9-12-6-4-3-5-7-12/h3-7,13,15H,8-11H2,1-2H3. The Kier molecular flexibility index (Phi) is 4.15. The lowest BCUT2D eigenvalue weighted by Gasteiger charge is -2.35.